The molecule has 0 bridgehead atoms. The molecule has 0 amide bonds. The van der Waals surface area contributed by atoms with Gasteiger partial charge in [0.25, 0.3) is 0 Å². The molecular weight excluding hydrogens is 368 g/mol. The highest BCUT2D eigenvalue weighted by molar-refractivity contribution is 7.85. The fourth-order valence-electron chi connectivity index (χ4n) is 3.72. The number of nitrogens with zero attached hydrogens (tertiary/aromatic N) is 1. The van der Waals surface area contributed by atoms with E-state index in [1.54, 1.807) is 0 Å². The molecule has 4 nitrogen and oxygen atoms in total. The molecule has 0 saturated carbocycles. The Morgan fingerprint density at radius 2 is 1.82 bits per heavy atom. The molecule has 28 heavy (non-hydrogen) atoms. The quantitative estimate of drug-likeness (QED) is 0.598. The summed E-state index contributed by atoms with van der Waals surface area (Å²) in [6.07, 6.45) is 0.980. The van der Waals surface area contributed by atoms with Crippen molar-refractivity contribution in [1.82, 2.24) is 5.32 Å². The first-order valence-electron chi connectivity index (χ1n) is 9.71. The van der Waals surface area contributed by atoms with Crippen LogP contribution >= 0.6 is 0 Å². The predicted molar refractivity (Wildman–Crippen MR) is 114 cm³/mol. The van der Waals surface area contributed by atoms with E-state index in [2.05, 4.69) is 36.2 Å². The van der Waals surface area contributed by atoms with Crippen LogP contribution < -0.4 is 10.2 Å². The summed E-state index contributed by atoms with van der Waals surface area (Å²) in [4.78, 5) is 4.16. The van der Waals surface area contributed by atoms with E-state index >= 15 is 0 Å². The van der Waals surface area contributed by atoms with Crippen molar-refractivity contribution in [1.29, 1.82) is 0 Å². The van der Waals surface area contributed by atoms with Crippen molar-refractivity contribution in [2.24, 2.45) is 0 Å². The van der Waals surface area contributed by atoms with Crippen molar-refractivity contribution in [2.45, 2.75) is 43.5 Å². The molecule has 146 valence electrons. The third-order valence-electron chi connectivity index (χ3n) is 5.32. The third-order valence-corrected chi connectivity index (χ3v) is 6.79. The van der Waals surface area contributed by atoms with Crippen molar-refractivity contribution >= 4 is 22.2 Å². The summed E-state index contributed by atoms with van der Waals surface area (Å²) < 4.78 is 18.7. The van der Waals surface area contributed by atoms with Crippen molar-refractivity contribution in [3.63, 3.8) is 0 Å². The maximum Gasteiger partial charge on any atom is 0.117 e. The minimum absolute atomic E-state index is 0.739. The van der Waals surface area contributed by atoms with Crippen molar-refractivity contribution in [3.8, 4) is 0 Å². The van der Waals surface area contributed by atoms with E-state index < -0.39 is 10.8 Å². The molecule has 4 rings (SSSR count). The number of aryl methyl sites for hydroxylation is 2. The van der Waals surface area contributed by atoms with Gasteiger partial charge in [0, 0.05) is 6.54 Å². The zero-order valence-corrected chi connectivity index (χ0v) is 17.4. The number of anilines is 2. The molecule has 1 aliphatic heterocycles. The van der Waals surface area contributed by atoms with Crippen LogP contribution in [0, 0.1) is 20.8 Å². The molecule has 0 saturated heterocycles. The van der Waals surface area contributed by atoms with Gasteiger partial charge in [-0.1, -0.05) is 18.2 Å². The van der Waals surface area contributed by atoms with Crippen LogP contribution in [0.25, 0.3) is 0 Å². The van der Waals surface area contributed by atoms with E-state index in [-0.39, 0.29) is 0 Å². The Bertz CT molecular complexity index is 1030. The average molecular weight is 395 g/mol. The van der Waals surface area contributed by atoms with Crippen LogP contribution in [0.3, 0.4) is 0 Å². The highest BCUT2D eigenvalue weighted by Gasteiger charge is 2.29. The maximum atomic E-state index is 13.1. The second-order valence-electron chi connectivity index (χ2n) is 7.28. The highest BCUT2D eigenvalue weighted by atomic mass is 32.2. The van der Waals surface area contributed by atoms with E-state index in [9.17, 15) is 4.21 Å². The second kappa shape index (κ2) is 7.94. The number of benzene rings is 2. The Hall–Kier alpha value is -2.37. The Labute approximate surface area is 169 Å². The monoisotopic (exact) mass is 394 g/mol. The van der Waals surface area contributed by atoms with E-state index in [0.29, 0.717) is 0 Å². The SMILES string of the molecule is Cc1ccc(CNCCCN2c3ccccc3S(=O)c3ccc(C)c(C)c32)o1. The number of fused-ring (bicyclic) bond motifs is 2. The zero-order chi connectivity index (χ0) is 19.7. The van der Waals surface area contributed by atoms with Gasteiger partial charge in [-0.05, 0) is 75.2 Å². The normalized spacial score (nSPS) is 15.4. The van der Waals surface area contributed by atoms with E-state index in [1.807, 2.05) is 43.3 Å². The van der Waals surface area contributed by atoms with Crippen LogP contribution in [0.5, 0.6) is 0 Å². The lowest BCUT2D eigenvalue weighted by molar-refractivity contribution is 0.461. The van der Waals surface area contributed by atoms with Crippen molar-refractivity contribution < 1.29 is 8.63 Å². The van der Waals surface area contributed by atoms with Gasteiger partial charge in [-0.2, -0.15) is 0 Å². The summed E-state index contributed by atoms with van der Waals surface area (Å²) in [6, 6.07) is 16.2. The molecule has 0 spiro atoms. The molecule has 0 radical (unpaired) electrons. The molecule has 5 heteroatoms. The Balaban J connectivity index is 1.52. The summed E-state index contributed by atoms with van der Waals surface area (Å²) in [5.74, 6) is 1.91. The van der Waals surface area contributed by atoms with Crippen molar-refractivity contribution in [3.05, 3.63) is 71.2 Å². The molecular formula is C23H26N2O2S. The summed E-state index contributed by atoms with van der Waals surface area (Å²) in [5.41, 5.74) is 4.60. The number of hydrogen-bond acceptors (Lipinski definition) is 4. The topological polar surface area (TPSA) is 45.5 Å². The van der Waals surface area contributed by atoms with Gasteiger partial charge in [0.05, 0.1) is 38.5 Å². The molecule has 1 aliphatic rings. The van der Waals surface area contributed by atoms with Gasteiger partial charge < -0.3 is 14.6 Å². The van der Waals surface area contributed by atoms with Gasteiger partial charge in [-0.3, -0.25) is 0 Å². The highest BCUT2D eigenvalue weighted by Crippen LogP contribution is 2.44. The van der Waals surface area contributed by atoms with E-state index in [1.165, 1.54) is 11.1 Å². The maximum absolute atomic E-state index is 13.1. The van der Waals surface area contributed by atoms with Crippen LogP contribution in [-0.2, 0) is 17.3 Å². The zero-order valence-electron chi connectivity index (χ0n) is 16.6. The number of nitrogens with one attached hydrogen (secondary N) is 1. The molecule has 2 heterocycles. The number of hydrogen-bond donors (Lipinski definition) is 1. The molecule has 3 aromatic rings. The summed E-state index contributed by atoms with van der Waals surface area (Å²) in [5, 5.41) is 3.46. The molecule has 0 aliphatic carbocycles. The summed E-state index contributed by atoms with van der Waals surface area (Å²) in [6.45, 7) is 8.71. The van der Waals surface area contributed by atoms with Crippen LogP contribution in [0.2, 0.25) is 0 Å². The fourth-order valence-corrected chi connectivity index (χ4v) is 5.16. The van der Waals surface area contributed by atoms with Crippen LogP contribution in [-0.4, -0.2) is 17.3 Å². The van der Waals surface area contributed by atoms with Gasteiger partial charge in [0.1, 0.15) is 11.5 Å². The predicted octanol–water partition coefficient (Wildman–Crippen LogP) is 5.00. The lowest BCUT2D eigenvalue weighted by Gasteiger charge is -2.34. The van der Waals surface area contributed by atoms with Crippen LogP contribution in [0.1, 0.15) is 29.1 Å². The van der Waals surface area contributed by atoms with Gasteiger partial charge in [0.2, 0.25) is 0 Å². The van der Waals surface area contributed by atoms with E-state index in [4.69, 9.17) is 4.42 Å². The third kappa shape index (κ3) is 3.52. The number of furan rings is 1. The molecule has 1 atom stereocenters. The van der Waals surface area contributed by atoms with Gasteiger partial charge in [0.15, 0.2) is 0 Å². The Kier molecular flexibility index (Phi) is 5.38. The van der Waals surface area contributed by atoms with Gasteiger partial charge in [-0.15, -0.1) is 0 Å². The number of rotatable bonds is 6. The molecule has 1 N–H and O–H groups in total. The average Bonchev–Trinajstić information content (AvgIpc) is 3.11. The molecule has 2 aromatic carbocycles. The fraction of sp³-hybridized carbons (Fsp3) is 0.304. The number of para-hydroxylation sites is 1. The largest absolute Gasteiger partial charge is 0.465 e. The van der Waals surface area contributed by atoms with Crippen LogP contribution in [0.15, 0.2) is 62.7 Å². The van der Waals surface area contributed by atoms with E-state index in [0.717, 1.165) is 58.7 Å². The van der Waals surface area contributed by atoms with Gasteiger partial charge >= 0.3 is 0 Å². The lowest BCUT2D eigenvalue weighted by Crippen LogP contribution is -2.28. The minimum atomic E-state index is -1.13. The smallest absolute Gasteiger partial charge is 0.117 e. The first-order valence-corrected chi connectivity index (χ1v) is 10.9. The summed E-state index contributed by atoms with van der Waals surface area (Å²) >= 11 is 0. The molecule has 0 fully saturated rings. The standard InChI is InChI=1S/C23H26N2O2S/c1-16-9-12-22-23(18(16)3)25(20-7-4-5-8-21(20)28(22)26)14-6-13-24-15-19-11-10-17(2)27-19/h4-5,7-12,24H,6,13-15H2,1-3H3. The van der Waals surface area contributed by atoms with Crippen molar-refractivity contribution in [2.75, 3.05) is 18.0 Å². The Morgan fingerprint density at radius 1 is 1.00 bits per heavy atom. The second-order valence-corrected chi connectivity index (χ2v) is 8.70. The van der Waals surface area contributed by atoms with Crippen LogP contribution in [0.4, 0.5) is 11.4 Å². The lowest BCUT2D eigenvalue weighted by atomic mass is 10.1. The molecule has 1 aromatic heterocycles. The molecule has 1 unspecified atom stereocenters. The minimum Gasteiger partial charge on any atom is -0.465 e. The Morgan fingerprint density at radius 3 is 2.61 bits per heavy atom. The summed E-state index contributed by atoms with van der Waals surface area (Å²) in [7, 11) is -1.13. The first-order chi connectivity index (χ1) is 13.6. The van der Waals surface area contributed by atoms with Gasteiger partial charge in [-0.25, -0.2) is 4.21 Å². The first kappa shape index (κ1) is 19.0.